The Balaban J connectivity index is 2.67. The van der Waals surface area contributed by atoms with E-state index in [0.29, 0.717) is 18.4 Å². The van der Waals surface area contributed by atoms with Crippen molar-refractivity contribution in [2.45, 2.75) is 235 Å². The van der Waals surface area contributed by atoms with E-state index >= 15 is 0 Å². The van der Waals surface area contributed by atoms with Crippen molar-refractivity contribution >= 4 is 124 Å². The smallest absolute Gasteiger partial charge is 0.250 e. The monoisotopic (exact) mass is 1820 g/mol. The Bertz CT molecular complexity index is 4370. The Morgan fingerprint density at radius 2 is 0.806 bits per heavy atom. The van der Waals surface area contributed by atoms with Gasteiger partial charge in [-0.2, -0.15) is 0 Å². The summed E-state index contributed by atoms with van der Waals surface area (Å²) in [5.74, 6) is -17.1. The highest BCUT2D eigenvalue weighted by Gasteiger charge is 2.34. The number of guanidine groups is 2. The standard InChI is InChI=1S/C80H132N28O21/c1-42(2)34-55(74(125)97-44(4)67(118)104-57(37-60(85)112)75(126)99-50(65(86)116)28-29-59(84)111)105-72(123)51(24-14-16-30-81)102-71(122)54(27-19-33-92-80(89)90)101-68(119)45(5)108(7)78(129)58(41-109)106-73(124)52(25-15-17-31-82)103-70(121)53(26-18-32-91-79(87)88)100-66(117)43(3)96-62(114)40-95-77(128)64(46(6)110)107-76(127)56(36-48-22-12-9-13-23-48)98-63(115)39-93-61(113)38-94-69(120)49(83)35-47-20-10-8-11-21-47/h8-13,20-23,42-46,49-58,64,109-110H,14-19,24-41,81-83H2,1-7H3,(H2,84,111)(H2,85,112)(H2,86,116)(H,93,113)(H,94,120)(H,95,128)(H,96,114)(H,97,125)(H,98,115)(H,99,126)(H,100,117)(H,101,119)(H,102,122)(H,103,121)(H,104,118)(H,105,123)(H,106,124)(H,107,127)(H4,87,88,91)(H4,89,90,92). The first-order valence-electron chi connectivity index (χ1n) is 41.4. The number of aliphatic hydroxyl groups excluding tert-OH is 20. The molecule has 15 atom stereocenters. The highest BCUT2D eigenvalue weighted by molar-refractivity contribution is 5.97. The van der Waals surface area contributed by atoms with Gasteiger partial charge in [0.2, 0.25) is 94.4 Å². The van der Waals surface area contributed by atoms with Gasteiger partial charge in [0.25, 0.3) is 0 Å². The number of nitrogens with one attached hydrogen (secondary N) is 7. The Morgan fingerprint density at radius 3 is 1.26 bits per heavy atom. The fraction of sp³-hybridized carbons (Fsp3) is 0.588. The molecule has 2 aromatic rings. The number of aliphatic hydroxyl groups is 20. The first-order chi connectivity index (χ1) is 60.8. The average Bonchev–Trinajstić information content (AvgIpc) is 0.919. The number of hydrogen-bond donors (Lipinski definition) is 32. The molecular weight excluding hydrogens is 1690 g/mol. The zero-order valence-corrected chi connectivity index (χ0v) is 73.4. The molecule has 49 heteroatoms. The Morgan fingerprint density at radius 1 is 0.411 bits per heavy atom. The van der Waals surface area contributed by atoms with Crippen LogP contribution in [-0.2, 0) is 17.6 Å². The Kier molecular flexibility index (Phi) is 51.7. The fourth-order valence-corrected chi connectivity index (χ4v) is 11.6. The third kappa shape index (κ3) is 44.6. The minimum atomic E-state index is -1.86. The summed E-state index contributed by atoms with van der Waals surface area (Å²) >= 11 is 0. The van der Waals surface area contributed by atoms with Crippen molar-refractivity contribution in [2.75, 3.05) is 59.5 Å². The van der Waals surface area contributed by atoms with Crippen LogP contribution in [0.5, 0.6) is 0 Å². The van der Waals surface area contributed by atoms with Gasteiger partial charge in [-0.1, -0.05) is 74.5 Å². The molecule has 0 fully saturated rings. The molecule has 0 spiro atoms. The van der Waals surface area contributed by atoms with E-state index < -0.39 is 247 Å². The summed E-state index contributed by atoms with van der Waals surface area (Å²) in [5, 5.41) is 263. The molecule has 0 radical (unpaired) electrons. The van der Waals surface area contributed by atoms with Crippen molar-refractivity contribution < 1.29 is 107 Å². The third-order valence-corrected chi connectivity index (χ3v) is 18.8. The zero-order chi connectivity index (χ0) is 97.2. The number of carbonyl (C=O) groups is 1. The lowest BCUT2D eigenvalue weighted by atomic mass is 10.0. The Labute approximate surface area is 746 Å². The van der Waals surface area contributed by atoms with E-state index in [1.54, 1.807) is 56.3 Å². The summed E-state index contributed by atoms with van der Waals surface area (Å²) in [6.07, 6.45) is -2.07. The molecule has 0 aliphatic heterocycles. The largest absolute Gasteiger partial charge is 0.497 e. The van der Waals surface area contributed by atoms with Gasteiger partial charge in [-0.3, -0.25) is 31.8 Å². The lowest BCUT2D eigenvalue weighted by Gasteiger charge is -2.27. The second-order valence-electron chi connectivity index (χ2n) is 30.2. The molecule has 15 unspecified atom stereocenters. The number of nitrogens with two attached hydrogens (primary N) is 5. The number of rotatable bonds is 62. The molecule has 2 rings (SSSR count). The molecular formula is C80H132N28O21. The molecule has 0 heterocycles. The molecule has 0 saturated carbocycles. The highest BCUT2D eigenvalue weighted by atomic mass is 16.3. The molecule has 0 aliphatic rings. The maximum absolute atomic E-state index is 14.4. The third-order valence-electron chi connectivity index (χ3n) is 18.8. The van der Waals surface area contributed by atoms with E-state index in [4.69, 9.17) is 55.7 Å². The molecule has 718 valence electrons. The van der Waals surface area contributed by atoms with Crippen LogP contribution in [0.1, 0.15) is 143 Å². The predicted molar refractivity (Wildman–Crippen MR) is 500 cm³/mol. The lowest BCUT2D eigenvalue weighted by Crippen LogP contribution is -2.46. The van der Waals surface area contributed by atoms with Crippen LogP contribution in [0.3, 0.4) is 0 Å². The van der Waals surface area contributed by atoms with Gasteiger partial charge in [-0.25, -0.2) is 74.9 Å². The van der Waals surface area contributed by atoms with Crippen LogP contribution in [0.4, 0.5) is 0 Å². The first-order valence-corrected chi connectivity index (χ1v) is 41.4. The number of aliphatic imine (C=N–C) groups is 15. The van der Waals surface area contributed by atoms with Crippen molar-refractivity contribution in [2.24, 2.45) is 109 Å². The maximum atomic E-state index is 14.4. The highest BCUT2D eigenvalue weighted by Crippen LogP contribution is 2.21. The second-order valence-corrected chi connectivity index (χ2v) is 30.2. The van der Waals surface area contributed by atoms with Crippen molar-refractivity contribution in [3.63, 3.8) is 0 Å². The van der Waals surface area contributed by atoms with Gasteiger partial charge in [-0.05, 0) is 141 Å². The molecule has 37 N–H and O–H groups in total. The van der Waals surface area contributed by atoms with Crippen LogP contribution >= 0.6 is 0 Å². The number of nitrogens with zero attached hydrogens (tertiary/aromatic N) is 16. The van der Waals surface area contributed by atoms with Crippen molar-refractivity contribution in [3.05, 3.63) is 71.8 Å². The van der Waals surface area contributed by atoms with Gasteiger partial charge in [0.15, 0.2) is 41.7 Å². The van der Waals surface area contributed by atoms with Crippen molar-refractivity contribution in [3.8, 4) is 0 Å². The van der Waals surface area contributed by atoms with Crippen molar-refractivity contribution in [1.82, 2.24) is 15.5 Å². The Hall–Kier alpha value is -13.3. The van der Waals surface area contributed by atoms with Gasteiger partial charge < -0.3 is 146 Å². The molecule has 0 saturated heterocycles. The minimum Gasteiger partial charge on any atom is -0.497 e. The summed E-state index contributed by atoms with van der Waals surface area (Å²) in [6, 6.07) is -3.28. The van der Waals surface area contributed by atoms with Crippen LogP contribution in [0.2, 0.25) is 0 Å². The van der Waals surface area contributed by atoms with Gasteiger partial charge in [0.1, 0.15) is 86.1 Å². The SMILES string of the molecule is CC(C)CC(N=C(O)C(CCCCN)N=C(O)C(CCCNC(=N)N)N=C(O)C(C)N(C)C(=O)C(CO)N=C(O)C(CCCCN)N=C(O)C(CCCNC(=N)N)N=C(O)C(C)N=C(O)CN=C(O)C(N=C(O)C(Cc1ccccc1)N=C(O)CN=C(O)CN=C(O)C(N)Cc1ccccc1)C(C)O)C(O)=NC(C)C(O)=NC(CC(=N)O)C(O)=NC(CCC(=N)O)C(=N)O. The maximum Gasteiger partial charge on any atom is 0.250 e. The molecule has 49 nitrogen and oxygen atoms in total. The molecule has 0 bridgehead atoms. The number of hydrogen-bond acceptors (Lipinski definition) is 26. The lowest BCUT2D eigenvalue weighted by molar-refractivity contribution is -0.133. The fourth-order valence-electron chi connectivity index (χ4n) is 11.6. The topological polar surface area (TPSA) is 884 Å². The number of benzene rings is 2. The summed E-state index contributed by atoms with van der Waals surface area (Å²) in [6.45, 7) is 5.79. The molecule has 1 amide bonds. The van der Waals surface area contributed by atoms with Crippen LogP contribution in [-0.4, -0.2) is 381 Å². The van der Waals surface area contributed by atoms with E-state index in [9.17, 15) is 107 Å². The number of likely N-dealkylation sites (N-methyl/N-ethyl adjacent to an activating group) is 1. The van der Waals surface area contributed by atoms with E-state index in [1.165, 1.54) is 34.7 Å². The van der Waals surface area contributed by atoms with Crippen molar-refractivity contribution in [1.29, 1.82) is 27.0 Å². The summed E-state index contributed by atoms with van der Waals surface area (Å²) in [5.41, 5.74) is 30.1. The quantitative estimate of drug-likeness (QED) is 0.0247. The second kappa shape index (κ2) is 59.6. The summed E-state index contributed by atoms with van der Waals surface area (Å²) in [7, 11) is 1.18. The normalized spacial score (nSPS) is 17.4. The van der Waals surface area contributed by atoms with Crippen LogP contribution in [0.15, 0.2) is 136 Å². The van der Waals surface area contributed by atoms with Gasteiger partial charge >= 0.3 is 0 Å². The van der Waals surface area contributed by atoms with Gasteiger partial charge in [-0.15, -0.1) is 0 Å². The minimum absolute atomic E-state index is 0.0180. The number of unbranched alkanes of at least 4 members (excludes halogenated alkanes) is 2. The van der Waals surface area contributed by atoms with Gasteiger partial charge in [0, 0.05) is 33.0 Å². The number of carbonyl (C=O) groups excluding carboxylic acids is 1. The van der Waals surface area contributed by atoms with Crippen LogP contribution in [0, 0.1) is 33.0 Å². The zero-order valence-electron chi connectivity index (χ0n) is 73.4. The number of amides is 1. The molecule has 0 aliphatic carbocycles. The summed E-state index contributed by atoms with van der Waals surface area (Å²) in [4.78, 5) is 76.5. The average molecular weight is 1820 g/mol. The van der Waals surface area contributed by atoms with Crippen LogP contribution in [0.25, 0.3) is 0 Å². The van der Waals surface area contributed by atoms with E-state index in [2.05, 4.69) is 85.5 Å². The van der Waals surface area contributed by atoms with Crippen LogP contribution < -0.4 is 39.3 Å². The van der Waals surface area contributed by atoms with Gasteiger partial charge in [0.05, 0.1) is 25.2 Å². The summed E-state index contributed by atoms with van der Waals surface area (Å²) < 4.78 is 0. The molecule has 129 heavy (non-hydrogen) atoms. The molecule has 2 aromatic carbocycles. The predicted octanol–water partition coefficient (Wildman–Crippen LogP) is 4.44. The van der Waals surface area contributed by atoms with E-state index in [-0.39, 0.29) is 116 Å². The molecule has 0 aromatic heterocycles. The van der Waals surface area contributed by atoms with E-state index in [1.807, 2.05) is 18.2 Å². The van der Waals surface area contributed by atoms with E-state index in [0.717, 1.165) is 10.5 Å². The first kappa shape index (κ1) is 112.